The summed E-state index contributed by atoms with van der Waals surface area (Å²) in [5, 5.41) is 3.12. The van der Waals surface area contributed by atoms with Crippen molar-refractivity contribution in [1.82, 2.24) is 10.2 Å². The van der Waals surface area contributed by atoms with Crippen molar-refractivity contribution in [2.24, 2.45) is 5.92 Å². The minimum Gasteiger partial charge on any atom is -0.347 e. The number of carbonyl (C=O) groups is 3. The summed E-state index contributed by atoms with van der Waals surface area (Å²) >= 11 is 3.48. The fraction of sp³-hybridized carbons (Fsp3) is 0.375. The van der Waals surface area contributed by atoms with Gasteiger partial charge in [0.05, 0.1) is 12.0 Å². The Morgan fingerprint density at radius 2 is 1.94 bits per heavy atom. The largest absolute Gasteiger partial charge is 0.347 e. The predicted molar refractivity (Wildman–Crippen MR) is 122 cm³/mol. The predicted octanol–water partition coefficient (Wildman–Crippen LogP) is 3.59. The molecule has 0 aliphatic carbocycles. The number of aryl methyl sites for hydroxylation is 1. The molecule has 7 heteroatoms. The van der Waals surface area contributed by atoms with Gasteiger partial charge in [-0.2, -0.15) is 0 Å². The Bertz CT molecular complexity index is 995. The van der Waals surface area contributed by atoms with E-state index in [0.717, 1.165) is 34.3 Å². The van der Waals surface area contributed by atoms with Gasteiger partial charge >= 0.3 is 0 Å². The number of benzene rings is 2. The average Bonchev–Trinajstić information content (AvgIpc) is 3.35. The third kappa shape index (κ3) is 4.82. The van der Waals surface area contributed by atoms with E-state index in [-0.39, 0.29) is 30.2 Å². The third-order valence-electron chi connectivity index (χ3n) is 6.04. The molecule has 2 heterocycles. The van der Waals surface area contributed by atoms with E-state index < -0.39 is 5.92 Å². The topological polar surface area (TPSA) is 69.7 Å². The lowest BCUT2D eigenvalue weighted by molar-refractivity contribution is -0.130. The van der Waals surface area contributed by atoms with Gasteiger partial charge in [-0.15, -0.1) is 0 Å². The lowest BCUT2D eigenvalue weighted by Crippen LogP contribution is -2.41. The summed E-state index contributed by atoms with van der Waals surface area (Å²) in [4.78, 5) is 41.4. The number of hydrogen-bond donors (Lipinski definition) is 1. The lowest BCUT2D eigenvalue weighted by atomic mass is 10.0. The third-order valence-corrected chi connectivity index (χ3v) is 6.93. The Kier molecular flexibility index (Phi) is 6.41. The zero-order valence-electron chi connectivity index (χ0n) is 17.5. The molecule has 0 radical (unpaired) electrons. The van der Waals surface area contributed by atoms with Gasteiger partial charge in [-0.25, -0.2) is 0 Å². The molecule has 2 unspecified atom stereocenters. The van der Waals surface area contributed by atoms with Crippen molar-refractivity contribution in [2.45, 2.75) is 32.2 Å². The van der Waals surface area contributed by atoms with Crippen LogP contribution in [0.3, 0.4) is 0 Å². The fourth-order valence-electron chi connectivity index (χ4n) is 4.26. The van der Waals surface area contributed by atoms with Crippen molar-refractivity contribution in [3.05, 3.63) is 64.1 Å². The Morgan fingerprint density at radius 3 is 2.61 bits per heavy atom. The first-order valence-electron chi connectivity index (χ1n) is 10.6. The van der Waals surface area contributed by atoms with Crippen molar-refractivity contribution in [1.29, 1.82) is 0 Å². The summed E-state index contributed by atoms with van der Waals surface area (Å²) in [6, 6.07) is 15.2. The minimum absolute atomic E-state index is 0.0483. The second-order valence-electron chi connectivity index (χ2n) is 8.25. The first-order chi connectivity index (χ1) is 14.9. The number of carbonyl (C=O) groups excluding carboxylic acids is 3. The Balaban J connectivity index is 1.47. The van der Waals surface area contributed by atoms with Crippen molar-refractivity contribution < 1.29 is 14.4 Å². The molecular weight excluding hydrogens is 458 g/mol. The van der Waals surface area contributed by atoms with Crippen molar-refractivity contribution in [3.8, 4) is 0 Å². The molecule has 2 aromatic rings. The van der Waals surface area contributed by atoms with Crippen molar-refractivity contribution in [3.63, 3.8) is 0 Å². The molecule has 6 nitrogen and oxygen atoms in total. The van der Waals surface area contributed by atoms with Gasteiger partial charge in [0.2, 0.25) is 17.7 Å². The zero-order chi connectivity index (χ0) is 22.0. The molecule has 0 saturated carbocycles. The fourth-order valence-corrected chi connectivity index (χ4v) is 4.50. The van der Waals surface area contributed by atoms with Crippen LogP contribution in [0.1, 0.15) is 36.4 Å². The van der Waals surface area contributed by atoms with Crippen LogP contribution in [0.25, 0.3) is 0 Å². The number of anilines is 1. The highest BCUT2D eigenvalue weighted by Gasteiger charge is 2.36. The zero-order valence-corrected chi connectivity index (χ0v) is 19.1. The smallest absolute Gasteiger partial charge is 0.227 e. The van der Waals surface area contributed by atoms with E-state index in [2.05, 4.69) is 21.2 Å². The molecule has 3 amide bonds. The van der Waals surface area contributed by atoms with E-state index >= 15 is 0 Å². The average molecular weight is 484 g/mol. The van der Waals surface area contributed by atoms with Crippen LogP contribution in [0.4, 0.5) is 5.69 Å². The van der Waals surface area contributed by atoms with Gasteiger partial charge in [0.15, 0.2) is 0 Å². The molecule has 4 rings (SSSR count). The summed E-state index contributed by atoms with van der Waals surface area (Å²) < 4.78 is 0.986. The summed E-state index contributed by atoms with van der Waals surface area (Å²) in [7, 11) is 0. The van der Waals surface area contributed by atoms with Crippen LogP contribution in [-0.2, 0) is 14.4 Å². The lowest BCUT2D eigenvalue weighted by Gasteiger charge is -2.26. The maximum absolute atomic E-state index is 13.1. The second kappa shape index (κ2) is 9.22. The molecule has 2 aliphatic rings. The van der Waals surface area contributed by atoms with Gasteiger partial charge in [-0.3, -0.25) is 14.4 Å². The van der Waals surface area contributed by atoms with E-state index in [1.54, 1.807) is 4.90 Å². The normalized spacial score (nSPS) is 19.7. The summed E-state index contributed by atoms with van der Waals surface area (Å²) in [5.74, 6) is -0.488. The number of hydrogen-bond acceptors (Lipinski definition) is 3. The quantitative estimate of drug-likeness (QED) is 0.682. The van der Waals surface area contributed by atoms with Gasteiger partial charge in [0, 0.05) is 42.6 Å². The Morgan fingerprint density at radius 1 is 1.16 bits per heavy atom. The van der Waals surface area contributed by atoms with Crippen LogP contribution >= 0.6 is 15.9 Å². The van der Waals surface area contributed by atoms with Crippen LogP contribution in [0.15, 0.2) is 53.0 Å². The van der Waals surface area contributed by atoms with Crippen molar-refractivity contribution >= 4 is 39.3 Å². The van der Waals surface area contributed by atoms with E-state index in [1.165, 1.54) is 0 Å². The molecule has 2 atom stereocenters. The highest BCUT2D eigenvalue weighted by molar-refractivity contribution is 9.10. The highest BCUT2D eigenvalue weighted by atomic mass is 79.9. The van der Waals surface area contributed by atoms with E-state index in [0.29, 0.717) is 19.5 Å². The summed E-state index contributed by atoms with van der Waals surface area (Å²) in [6.45, 7) is 3.50. The van der Waals surface area contributed by atoms with E-state index in [4.69, 9.17) is 0 Å². The number of halogens is 1. The highest BCUT2D eigenvalue weighted by Crippen LogP contribution is 2.29. The van der Waals surface area contributed by atoms with E-state index in [1.807, 2.05) is 60.4 Å². The molecule has 2 saturated heterocycles. The molecule has 0 bridgehead atoms. The van der Waals surface area contributed by atoms with Gasteiger partial charge in [0.25, 0.3) is 0 Å². The molecule has 31 heavy (non-hydrogen) atoms. The molecule has 2 aliphatic heterocycles. The first kappa shape index (κ1) is 21.6. The summed E-state index contributed by atoms with van der Waals surface area (Å²) in [6.07, 6.45) is 1.60. The monoisotopic (exact) mass is 483 g/mol. The molecule has 1 N–H and O–H groups in total. The standard InChI is InChI=1S/C24H26BrN3O3/c1-16-12-19(9-10-20(16)25)28-14-18(13-23(28)30)24(31)26-21(17-6-3-2-4-7-17)15-27-11-5-8-22(27)29/h2-4,6-7,9-10,12,18,21H,5,8,11,13-15H2,1H3,(H,26,31). The number of rotatable bonds is 6. The molecule has 2 fully saturated rings. The van der Waals surface area contributed by atoms with E-state index in [9.17, 15) is 14.4 Å². The SMILES string of the molecule is Cc1cc(N2CC(C(=O)NC(CN3CCCC3=O)c3ccccc3)CC2=O)ccc1Br. The van der Waals surface area contributed by atoms with Gasteiger partial charge < -0.3 is 15.1 Å². The van der Waals surface area contributed by atoms with Gasteiger partial charge in [-0.1, -0.05) is 46.3 Å². The van der Waals surface area contributed by atoms with Gasteiger partial charge in [-0.05, 0) is 42.7 Å². The number of likely N-dealkylation sites (tertiary alicyclic amines) is 1. The second-order valence-corrected chi connectivity index (χ2v) is 9.11. The Hall–Kier alpha value is -2.67. The van der Waals surface area contributed by atoms with Crippen molar-refractivity contribution in [2.75, 3.05) is 24.5 Å². The molecule has 0 spiro atoms. The molecule has 2 aromatic carbocycles. The maximum atomic E-state index is 13.1. The minimum atomic E-state index is -0.419. The number of amides is 3. The molecular formula is C24H26BrN3O3. The first-order valence-corrected chi connectivity index (χ1v) is 11.4. The summed E-state index contributed by atoms with van der Waals surface area (Å²) in [5.41, 5.74) is 2.81. The number of nitrogens with zero attached hydrogens (tertiary/aromatic N) is 2. The van der Waals surface area contributed by atoms with Crippen LogP contribution in [-0.4, -0.2) is 42.3 Å². The van der Waals surface area contributed by atoms with Crippen LogP contribution in [0.5, 0.6) is 0 Å². The number of nitrogens with one attached hydrogen (secondary N) is 1. The van der Waals surface area contributed by atoms with Crippen LogP contribution in [0, 0.1) is 12.8 Å². The maximum Gasteiger partial charge on any atom is 0.227 e. The van der Waals surface area contributed by atoms with Crippen LogP contribution in [0.2, 0.25) is 0 Å². The molecule has 162 valence electrons. The van der Waals surface area contributed by atoms with Gasteiger partial charge in [0.1, 0.15) is 0 Å². The Labute approximate surface area is 190 Å². The molecule has 0 aromatic heterocycles. The van der Waals surface area contributed by atoms with Crippen LogP contribution < -0.4 is 10.2 Å².